The average molecular weight is 274 g/mol. The van der Waals surface area contributed by atoms with Crippen molar-refractivity contribution in [1.29, 1.82) is 0 Å². The van der Waals surface area contributed by atoms with E-state index in [2.05, 4.69) is 12.2 Å². The Hall–Kier alpha value is -0.280. The first-order chi connectivity index (χ1) is 8.16. The van der Waals surface area contributed by atoms with Gasteiger partial charge in [0, 0.05) is 35.3 Å². The highest BCUT2D eigenvalue weighted by Crippen LogP contribution is 2.27. The Labute approximate surface area is 112 Å². The molecule has 1 atom stereocenters. The normalized spacial score (nSPS) is 19.2. The molecule has 1 unspecified atom stereocenters. The molecule has 0 aromatic heterocycles. The van der Waals surface area contributed by atoms with E-state index in [-0.39, 0.29) is 6.04 Å². The van der Waals surface area contributed by atoms with Crippen LogP contribution in [0.25, 0.3) is 0 Å². The predicted molar refractivity (Wildman–Crippen MR) is 71.9 cm³/mol. The Balaban J connectivity index is 2.00. The molecule has 17 heavy (non-hydrogen) atoms. The van der Waals surface area contributed by atoms with Crippen molar-refractivity contribution in [1.82, 2.24) is 5.32 Å². The molecule has 1 aliphatic rings. The van der Waals surface area contributed by atoms with Gasteiger partial charge in [0.05, 0.1) is 0 Å². The van der Waals surface area contributed by atoms with Crippen LogP contribution in [-0.4, -0.2) is 19.3 Å². The van der Waals surface area contributed by atoms with Gasteiger partial charge in [-0.15, -0.1) is 0 Å². The van der Waals surface area contributed by atoms with Crippen LogP contribution in [0.15, 0.2) is 18.2 Å². The van der Waals surface area contributed by atoms with Gasteiger partial charge in [-0.05, 0) is 37.5 Å². The van der Waals surface area contributed by atoms with Gasteiger partial charge in [-0.25, -0.2) is 0 Å². The van der Waals surface area contributed by atoms with Crippen LogP contribution in [0.5, 0.6) is 0 Å². The summed E-state index contributed by atoms with van der Waals surface area (Å²) in [4.78, 5) is 0. The minimum atomic E-state index is 0.239. The molecule has 1 fully saturated rings. The summed E-state index contributed by atoms with van der Waals surface area (Å²) in [6.45, 7) is 3.82. The lowest BCUT2D eigenvalue weighted by Gasteiger charge is -2.27. The summed E-state index contributed by atoms with van der Waals surface area (Å²) in [5.41, 5.74) is 1.10. The van der Waals surface area contributed by atoms with E-state index >= 15 is 0 Å². The van der Waals surface area contributed by atoms with E-state index in [1.807, 2.05) is 12.1 Å². The monoisotopic (exact) mass is 273 g/mol. The SMILES string of the molecule is CC(NC1CCOCC1)c1ccc(Cl)cc1Cl. The quantitative estimate of drug-likeness (QED) is 0.904. The first-order valence-corrected chi connectivity index (χ1v) is 6.71. The third-order valence-electron chi connectivity index (χ3n) is 3.14. The molecule has 1 aromatic rings. The minimum absolute atomic E-state index is 0.239. The van der Waals surface area contributed by atoms with Crippen molar-refractivity contribution < 1.29 is 4.74 Å². The standard InChI is InChI=1S/C13H17Cl2NO/c1-9(16-11-4-6-17-7-5-11)12-3-2-10(14)8-13(12)15/h2-3,8-9,11,16H,4-7H2,1H3. The van der Waals surface area contributed by atoms with Gasteiger partial charge in [-0.3, -0.25) is 0 Å². The molecule has 94 valence electrons. The molecule has 0 radical (unpaired) electrons. The van der Waals surface area contributed by atoms with Gasteiger partial charge < -0.3 is 10.1 Å². The maximum absolute atomic E-state index is 6.19. The lowest BCUT2D eigenvalue weighted by molar-refractivity contribution is 0.0754. The Morgan fingerprint density at radius 3 is 2.65 bits per heavy atom. The first kappa shape index (κ1) is 13.2. The lowest BCUT2D eigenvalue weighted by atomic mass is 10.0. The fourth-order valence-corrected chi connectivity index (χ4v) is 2.73. The second-order valence-electron chi connectivity index (χ2n) is 4.44. The largest absolute Gasteiger partial charge is 0.381 e. The van der Waals surface area contributed by atoms with Crippen molar-refractivity contribution in [3.63, 3.8) is 0 Å². The van der Waals surface area contributed by atoms with Gasteiger partial charge in [0.2, 0.25) is 0 Å². The van der Waals surface area contributed by atoms with E-state index in [1.54, 1.807) is 6.07 Å². The number of rotatable bonds is 3. The second-order valence-corrected chi connectivity index (χ2v) is 5.28. The van der Waals surface area contributed by atoms with Crippen molar-refractivity contribution in [2.75, 3.05) is 13.2 Å². The van der Waals surface area contributed by atoms with Gasteiger partial charge in [-0.2, -0.15) is 0 Å². The summed E-state index contributed by atoms with van der Waals surface area (Å²) in [7, 11) is 0. The number of nitrogens with one attached hydrogen (secondary N) is 1. The highest BCUT2D eigenvalue weighted by atomic mass is 35.5. The molecule has 1 heterocycles. The topological polar surface area (TPSA) is 21.3 Å². The van der Waals surface area contributed by atoms with E-state index in [4.69, 9.17) is 27.9 Å². The number of hydrogen-bond donors (Lipinski definition) is 1. The highest BCUT2D eigenvalue weighted by Gasteiger charge is 2.17. The minimum Gasteiger partial charge on any atom is -0.381 e. The molecular formula is C13H17Cl2NO. The molecule has 0 spiro atoms. The summed E-state index contributed by atoms with van der Waals surface area (Å²) in [5, 5.41) is 4.99. The summed E-state index contributed by atoms with van der Waals surface area (Å²) in [6.07, 6.45) is 2.13. The Kier molecular flexibility index (Phi) is 4.69. The number of benzene rings is 1. The fraction of sp³-hybridized carbons (Fsp3) is 0.538. The Morgan fingerprint density at radius 1 is 1.29 bits per heavy atom. The lowest BCUT2D eigenvalue weighted by Crippen LogP contribution is -2.36. The zero-order chi connectivity index (χ0) is 12.3. The molecule has 2 nitrogen and oxygen atoms in total. The summed E-state index contributed by atoms with van der Waals surface area (Å²) in [6, 6.07) is 6.42. The van der Waals surface area contributed by atoms with Gasteiger partial charge >= 0.3 is 0 Å². The molecule has 1 aliphatic heterocycles. The molecule has 0 aliphatic carbocycles. The second kappa shape index (κ2) is 6.05. The molecule has 4 heteroatoms. The zero-order valence-corrected chi connectivity index (χ0v) is 11.4. The maximum atomic E-state index is 6.19. The molecule has 1 N–H and O–H groups in total. The van der Waals surface area contributed by atoms with E-state index < -0.39 is 0 Å². The first-order valence-electron chi connectivity index (χ1n) is 5.95. The van der Waals surface area contributed by atoms with Crippen LogP contribution in [0.3, 0.4) is 0 Å². The van der Waals surface area contributed by atoms with Crippen LogP contribution in [0, 0.1) is 0 Å². The van der Waals surface area contributed by atoms with Crippen molar-refractivity contribution in [2.24, 2.45) is 0 Å². The van der Waals surface area contributed by atoms with Crippen LogP contribution in [0.1, 0.15) is 31.4 Å². The van der Waals surface area contributed by atoms with Gasteiger partial charge in [0.1, 0.15) is 0 Å². The average Bonchev–Trinajstić information content (AvgIpc) is 2.30. The fourth-order valence-electron chi connectivity index (χ4n) is 2.16. The van der Waals surface area contributed by atoms with E-state index in [0.29, 0.717) is 11.1 Å². The highest BCUT2D eigenvalue weighted by molar-refractivity contribution is 6.35. The third kappa shape index (κ3) is 3.59. The molecule has 1 saturated heterocycles. The summed E-state index contributed by atoms with van der Waals surface area (Å²) in [5.74, 6) is 0. The van der Waals surface area contributed by atoms with Crippen LogP contribution in [0.2, 0.25) is 10.0 Å². The number of hydrogen-bond acceptors (Lipinski definition) is 2. The molecule has 0 bridgehead atoms. The molecule has 2 rings (SSSR count). The Morgan fingerprint density at radius 2 is 2.00 bits per heavy atom. The molecule has 1 aromatic carbocycles. The number of ether oxygens (including phenoxy) is 1. The summed E-state index contributed by atoms with van der Waals surface area (Å²) >= 11 is 12.1. The van der Waals surface area contributed by atoms with Crippen LogP contribution < -0.4 is 5.32 Å². The van der Waals surface area contributed by atoms with E-state index in [1.165, 1.54) is 0 Å². The number of halogens is 2. The van der Waals surface area contributed by atoms with E-state index in [0.717, 1.165) is 36.6 Å². The van der Waals surface area contributed by atoms with Gasteiger partial charge in [-0.1, -0.05) is 29.3 Å². The maximum Gasteiger partial charge on any atom is 0.0480 e. The van der Waals surface area contributed by atoms with Crippen molar-refractivity contribution >= 4 is 23.2 Å². The van der Waals surface area contributed by atoms with Gasteiger partial charge in [0.15, 0.2) is 0 Å². The zero-order valence-electron chi connectivity index (χ0n) is 9.88. The van der Waals surface area contributed by atoms with Crippen LogP contribution in [0.4, 0.5) is 0 Å². The smallest absolute Gasteiger partial charge is 0.0480 e. The van der Waals surface area contributed by atoms with Crippen molar-refractivity contribution in [3.8, 4) is 0 Å². The van der Waals surface area contributed by atoms with E-state index in [9.17, 15) is 0 Å². The molecule has 0 saturated carbocycles. The van der Waals surface area contributed by atoms with Crippen molar-refractivity contribution in [3.05, 3.63) is 33.8 Å². The third-order valence-corrected chi connectivity index (χ3v) is 3.70. The van der Waals surface area contributed by atoms with Crippen LogP contribution in [-0.2, 0) is 4.74 Å². The predicted octanol–water partition coefficient (Wildman–Crippen LogP) is 3.82. The van der Waals surface area contributed by atoms with Crippen LogP contribution >= 0.6 is 23.2 Å². The Bertz CT molecular complexity index is 378. The van der Waals surface area contributed by atoms with Gasteiger partial charge in [0.25, 0.3) is 0 Å². The summed E-state index contributed by atoms with van der Waals surface area (Å²) < 4.78 is 5.34. The molecular weight excluding hydrogens is 257 g/mol. The van der Waals surface area contributed by atoms with Crippen molar-refractivity contribution in [2.45, 2.75) is 31.8 Å². The molecule has 0 amide bonds.